The Balaban J connectivity index is 1.66. The lowest BCUT2D eigenvalue weighted by atomic mass is 10.2. The van der Waals surface area contributed by atoms with Crippen LogP contribution in [0.3, 0.4) is 0 Å². The quantitative estimate of drug-likeness (QED) is 0.881. The Bertz CT molecular complexity index is 673. The Labute approximate surface area is 127 Å². The van der Waals surface area contributed by atoms with Gasteiger partial charge >= 0.3 is 0 Å². The fourth-order valence-electron chi connectivity index (χ4n) is 1.95. The third-order valence-electron chi connectivity index (χ3n) is 3.08. The minimum absolute atomic E-state index is 0.201. The molecule has 0 fully saturated rings. The molecule has 0 aliphatic carbocycles. The first-order valence-electron chi connectivity index (χ1n) is 7.03. The number of benzene rings is 1. The van der Waals surface area contributed by atoms with Crippen molar-refractivity contribution < 1.29 is 14.3 Å². The molecule has 2 N–H and O–H groups in total. The summed E-state index contributed by atoms with van der Waals surface area (Å²) >= 11 is 0. The number of carbonyl (C=O) groups is 1. The molecule has 0 radical (unpaired) electrons. The van der Waals surface area contributed by atoms with Crippen LogP contribution in [-0.2, 0) is 0 Å². The van der Waals surface area contributed by atoms with Crippen LogP contribution in [0.5, 0.6) is 11.5 Å². The second-order valence-corrected chi connectivity index (χ2v) is 4.74. The van der Waals surface area contributed by atoms with Crippen molar-refractivity contribution in [1.29, 1.82) is 0 Å². The maximum absolute atomic E-state index is 12.2. The van der Waals surface area contributed by atoms with Crippen LogP contribution in [-0.4, -0.2) is 29.2 Å². The van der Waals surface area contributed by atoms with Crippen molar-refractivity contribution in [3.8, 4) is 11.5 Å². The smallest absolute Gasteiger partial charge is 0.258 e. The normalized spacial score (nSPS) is 12.0. The van der Waals surface area contributed by atoms with E-state index in [1.54, 1.807) is 18.2 Å². The summed E-state index contributed by atoms with van der Waals surface area (Å²) in [6.07, 6.45) is 3.97. The summed E-state index contributed by atoms with van der Waals surface area (Å²) in [4.78, 5) is 20.4. The molecule has 1 aliphatic heterocycles. The Hall–Kier alpha value is -2.83. The number of hydrogen-bond donors (Lipinski definition) is 2. The van der Waals surface area contributed by atoms with Gasteiger partial charge in [0.25, 0.3) is 5.91 Å². The summed E-state index contributed by atoms with van der Waals surface area (Å²) in [5, 5.41) is 5.83. The third kappa shape index (κ3) is 3.08. The minimum Gasteiger partial charge on any atom is -0.454 e. The van der Waals surface area contributed by atoms with E-state index >= 15 is 0 Å². The predicted octanol–water partition coefficient (Wildman–Crippen LogP) is 2.28. The molecule has 7 heteroatoms. The number of nitrogens with zero attached hydrogens (tertiary/aromatic N) is 2. The van der Waals surface area contributed by atoms with Crippen LogP contribution < -0.4 is 20.1 Å². The summed E-state index contributed by atoms with van der Waals surface area (Å²) in [6, 6.07) is 5.23. The lowest BCUT2D eigenvalue weighted by Crippen LogP contribution is -2.13. The molecule has 3 rings (SSSR count). The topological polar surface area (TPSA) is 85.4 Å². The van der Waals surface area contributed by atoms with Crippen molar-refractivity contribution in [3.05, 3.63) is 36.2 Å². The zero-order valence-electron chi connectivity index (χ0n) is 12.1. The fourth-order valence-corrected chi connectivity index (χ4v) is 1.95. The summed E-state index contributed by atoms with van der Waals surface area (Å²) in [7, 11) is 0. The molecule has 0 spiro atoms. The zero-order chi connectivity index (χ0) is 15.4. The van der Waals surface area contributed by atoms with Crippen LogP contribution >= 0.6 is 0 Å². The molecule has 1 aromatic carbocycles. The van der Waals surface area contributed by atoms with Gasteiger partial charge in [0.1, 0.15) is 0 Å². The number of ether oxygens (including phenoxy) is 2. The molecule has 1 aromatic heterocycles. The van der Waals surface area contributed by atoms with Gasteiger partial charge in [0, 0.05) is 30.7 Å². The highest BCUT2D eigenvalue weighted by Crippen LogP contribution is 2.34. The van der Waals surface area contributed by atoms with Crippen LogP contribution in [0.25, 0.3) is 0 Å². The number of amides is 1. The van der Waals surface area contributed by atoms with E-state index in [1.807, 2.05) is 0 Å². The Morgan fingerprint density at radius 2 is 2.00 bits per heavy atom. The molecular formula is C15H16N4O3. The lowest BCUT2D eigenvalue weighted by molar-refractivity contribution is 0.102. The van der Waals surface area contributed by atoms with Gasteiger partial charge in [-0.1, -0.05) is 6.92 Å². The van der Waals surface area contributed by atoms with Crippen LogP contribution in [0.1, 0.15) is 23.7 Å². The molecule has 0 saturated heterocycles. The van der Waals surface area contributed by atoms with E-state index in [0.717, 1.165) is 13.0 Å². The van der Waals surface area contributed by atoms with Crippen LogP contribution in [0.2, 0.25) is 0 Å². The average Bonchev–Trinajstić information content (AvgIpc) is 3.01. The number of rotatable bonds is 5. The van der Waals surface area contributed by atoms with E-state index in [2.05, 4.69) is 27.5 Å². The first-order chi connectivity index (χ1) is 10.8. The Morgan fingerprint density at radius 1 is 1.23 bits per heavy atom. The second-order valence-electron chi connectivity index (χ2n) is 4.74. The number of anilines is 2. The maximum Gasteiger partial charge on any atom is 0.258 e. The molecule has 0 saturated carbocycles. The Kier molecular flexibility index (Phi) is 4.04. The molecule has 2 heterocycles. The van der Waals surface area contributed by atoms with Gasteiger partial charge in [0.2, 0.25) is 12.7 Å². The largest absolute Gasteiger partial charge is 0.454 e. The lowest BCUT2D eigenvalue weighted by Gasteiger charge is -2.07. The van der Waals surface area contributed by atoms with Crippen molar-refractivity contribution in [2.75, 3.05) is 24.0 Å². The van der Waals surface area contributed by atoms with Gasteiger partial charge in [0.05, 0.1) is 5.56 Å². The number of hydrogen-bond acceptors (Lipinski definition) is 6. The van der Waals surface area contributed by atoms with Gasteiger partial charge in [-0.3, -0.25) is 4.79 Å². The summed E-state index contributed by atoms with van der Waals surface area (Å²) in [5.74, 6) is 1.53. The number of carbonyl (C=O) groups excluding carboxylic acids is 1. The van der Waals surface area contributed by atoms with E-state index in [-0.39, 0.29) is 12.7 Å². The van der Waals surface area contributed by atoms with Gasteiger partial charge in [-0.15, -0.1) is 0 Å². The van der Waals surface area contributed by atoms with E-state index in [1.165, 1.54) is 12.4 Å². The molecule has 0 bridgehead atoms. The monoisotopic (exact) mass is 300 g/mol. The zero-order valence-corrected chi connectivity index (χ0v) is 12.1. The third-order valence-corrected chi connectivity index (χ3v) is 3.08. The van der Waals surface area contributed by atoms with Gasteiger partial charge in [-0.25, -0.2) is 9.97 Å². The molecule has 0 atom stereocenters. The molecule has 1 aliphatic rings. The highest BCUT2D eigenvalue weighted by Gasteiger charge is 2.15. The van der Waals surface area contributed by atoms with Gasteiger partial charge in [0.15, 0.2) is 11.5 Å². The summed E-state index contributed by atoms with van der Waals surface area (Å²) in [6.45, 7) is 3.05. The first-order valence-corrected chi connectivity index (χ1v) is 7.03. The van der Waals surface area contributed by atoms with Crippen LogP contribution in [0.15, 0.2) is 30.6 Å². The van der Waals surface area contributed by atoms with E-state index in [9.17, 15) is 4.79 Å². The van der Waals surface area contributed by atoms with Crippen LogP contribution in [0.4, 0.5) is 11.6 Å². The van der Waals surface area contributed by atoms with Crippen molar-refractivity contribution in [2.45, 2.75) is 13.3 Å². The number of fused-ring (bicyclic) bond motifs is 1. The van der Waals surface area contributed by atoms with Crippen molar-refractivity contribution >= 4 is 17.5 Å². The van der Waals surface area contributed by atoms with Crippen molar-refractivity contribution in [1.82, 2.24) is 9.97 Å². The summed E-state index contributed by atoms with van der Waals surface area (Å²) in [5.41, 5.74) is 1.02. The van der Waals surface area contributed by atoms with Gasteiger partial charge < -0.3 is 20.1 Å². The van der Waals surface area contributed by atoms with Gasteiger partial charge in [-0.2, -0.15) is 0 Å². The average molecular weight is 300 g/mol. The second kappa shape index (κ2) is 6.30. The highest BCUT2D eigenvalue weighted by atomic mass is 16.7. The van der Waals surface area contributed by atoms with E-state index in [4.69, 9.17) is 9.47 Å². The summed E-state index contributed by atoms with van der Waals surface area (Å²) < 4.78 is 10.5. The highest BCUT2D eigenvalue weighted by molar-refractivity contribution is 6.04. The molecule has 7 nitrogen and oxygen atoms in total. The molecule has 2 aromatic rings. The SMILES string of the molecule is CCCNc1ncc(C(=O)Nc2ccc3c(c2)OCO3)cn1. The van der Waals surface area contributed by atoms with E-state index in [0.29, 0.717) is 28.7 Å². The Morgan fingerprint density at radius 3 is 2.77 bits per heavy atom. The predicted molar refractivity (Wildman–Crippen MR) is 81.3 cm³/mol. The standard InChI is InChI=1S/C15H16N4O3/c1-2-5-16-15-17-7-10(8-18-15)14(20)19-11-3-4-12-13(6-11)22-9-21-12/h3-4,6-8H,2,5,9H2,1H3,(H,19,20)(H,16,17,18). The molecule has 114 valence electrons. The molecule has 1 amide bonds. The van der Waals surface area contributed by atoms with Gasteiger partial charge in [-0.05, 0) is 18.6 Å². The van der Waals surface area contributed by atoms with E-state index < -0.39 is 0 Å². The number of nitrogens with one attached hydrogen (secondary N) is 2. The van der Waals surface area contributed by atoms with Crippen molar-refractivity contribution in [3.63, 3.8) is 0 Å². The van der Waals surface area contributed by atoms with Crippen LogP contribution in [0, 0.1) is 0 Å². The molecular weight excluding hydrogens is 284 g/mol. The van der Waals surface area contributed by atoms with Crippen molar-refractivity contribution in [2.24, 2.45) is 0 Å². The molecule has 22 heavy (non-hydrogen) atoms. The minimum atomic E-state index is -0.277. The molecule has 0 unspecified atom stereocenters. The number of aromatic nitrogens is 2. The first kappa shape index (κ1) is 14.1. The maximum atomic E-state index is 12.2. The fraction of sp³-hybridized carbons (Fsp3) is 0.267.